The monoisotopic (exact) mass is 340 g/mol. The summed E-state index contributed by atoms with van der Waals surface area (Å²) in [6, 6.07) is 22.2. The SMILES string of the molecule is CN[C@@H](C)CN(C)C(c1ccccc1)c1ccccc1.Cl.Cl. The van der Waals surface area contributed by atoms with Crippen LogP contribution in [0, 0.1) is 0 Å². The Morgan fingerprint density at radius 2 is 1.27 bits per heavy atom. The van der Waals surface area contributed by atoms with Crippen molar-refractivity contribution >= 4 is 24.8 Å². The maximum absolute atomic E-state index is 3.31. The largest absolute Gasteiger partial charge is 0.316 e. The summed E-state index contributed by atoms with van der Waals surface area (Å²) in [6.45, 7) is 3.22. The molecule has 0 aliphatic rings. The lowest BCUT2D eigenvalue weighted by Gasteiger charge is -2.31. The Morgan fingerprint density at radius 3 is 1.64 bits per heavy atom. The lowest BCUT2D eigenvalue weighted by molar-refractivity contribution is 0.255. The van der Waals surface area contributed by atoms with Gasteiger partial charge in [0.1, 0.15) is 0 Å². The first kappa shape index (κ1) is 20.9. The van der Waals surface area contributed by atoms with E-state index in [1.54, 1.807) is 0 Å². The second-order valence-electron chi connectivity index (χ2n) is 5.35. The van der Waals surface area contributed by atoms with Crippen LogP contribution in [0.25, 0.3) is 0 Å². The van der Waals surface area contributed by atoms with Crippen LogP contribution in [0.4, 0.5) is 0 Å². The van der Waals surface area contributed by atoms with Gasteiger partial charge in [0.2, 0.25) is 0 Å². The molecule has 0 spiro atoms. The number of likely N-dealkylation sites (N-methyl/N-ethyl adjacent to an activating group) is 2. The summed E-state index contributed by atoms with van der Waals surface area (Å²) in [4.78, 5) is 2.41. The molecule has 4 heteroatoms. The Bertz CT molecular complexity index is 466. The third kappa shape index (κ3) is 5.62. The predicted molar refractivity (Wildman–Crippen MR) is 100 cm³/mol. The number of nitrogens with one attached hydrogen (secondary N) is 1. The second kappa shape index (κ2) is 10.6. The van der Waals surface area contributed by atoms with Crippen molar-refractivity contribution in [2.45, 2.75) is 19.0 Å². The van der Waals surface area contributed by atoms with E-state index in [2.05, 4.69) is 84.9 Å². The normalized spacial score (nSPS) is 11.7. The zero-order valence-corrected chi connectivity index (χ0v) is 15.0. The molecule has 1 atom stereocenters. The molecule has 0 aliphatic heterocycles. The summed E-state index contributed by atoms with van der Waals surface area (Å²) in [5.74, 6) is 0. The van der Waals surface area contributed by atoms with Crippen molar-refractivity contribution in [1.29, 1.82) is 0 Å². The highest BCUT2D eigenvalue weighted by atomic mass is 35.5. The van der Waals surface area contributed by atoms with Gasteiger partial charge < -0.3 is 5.32 Å². The highest BCUT2D eigenvalue weighted by molar-refractivity contribution is 5.85. The standard InChI is InChI=1S/C18H24N2.2ClH/c1-15(19-2)14-20(3)18(16-10-6-4-7-11-16)17-12-8-5-9-13-17;;/h4-13,15,18-19H,14H2,1-3H3;2*1H/t15-;;/m0../s1. The smallest absolute Gasteiger partial charge is 0.0599 e. The van der Waals surface area contributed by atoms with Gasteiger partial charge in [-0.2, -0.15) is 0 Å². The van der Waals surface area contributed by atoms with Crippen molar-refractivity contribution in [2.75, 3.05) is 20.6 Å². The fourth-order valence-electron chi connectivity index (χ4n) is 2.60. The highest BCUT2D eigenvalue weighted by Crippen LogP contribution is 2.27. The Kier molecular flexibility index (Phi) is 10.1. The minimum atomic E-state index is 0. The summed E-state index contributed by atoms with van der Waals surface area (Å²) < 4.78 is 0. The molecule has 0 aliphatic carbocycles. The van der Waals surface area contributed by atoms with Gasteiger partial charge in [-0.3, -0.25) is 4.90 Å². The number of hydrogen-bond acceptors (Lipinski definition) is 2. The van der Waals surface area contributed by atoms with Crippen molar-refractivity contribution in [3.8, 4) is 0 Å². The van der Waals surface area contributed by atoms with E-state index in [1.165, 1.54) is 11.1 Å². The van der Waals surface area contributed by atoms with E-state index in [4.69, 9.17) is 0 Å². The molecule has 0 saturated carbocycles. The summed E-state index contributed by atoms with van der Waals surface area (Å²) in [5.41, 5.74) is 2.68. The summed E-state index contributed by atoms with van der Waals surface area (Å²) in [5, 5.41) is 3.31. The third-order valence-corrected chi connectivity index (χ3v) is 3.73. The minimum absolute atomic E-state index is 0. The van der Waals surface area contributed by atoms with Gasteiger partial charge in [-0.05, 0) is 32.1 Å². The molecular weight excluding hydrogens is 315 g/mol. The van der Waals surface area contributed by atoms with Crippen molar-refractivity contribution in [1.82, 2.24) is 10.2 Å². The van der Waals surface area contributed by atoms with E-state index in [9.17, 15) is 0 Å². The maximum atomic E-state index is 3.31. The zero-order valence-electron chi connectivity index (χ0n) is 13.4. The molecule has 22 heavy (non-hydrogen) atoms. The Labute approximate surface area is 146 Å². The van der Waals surface area contributed by atoms with E-state index < -0.39 is 0 Å². The van der Waals surface area contributed by atoms with Gasteiger partial charge in [-0.1, -0.05) is 60.7 Å². The topological polar surface area (TPSA) is 15.3 Å². The molecule has 0 fully saturated rings. The van der Waals surface area contributed by atoms with Crippen molar-refractivity contribution in [3.05, 3.63) is 71.8 Å². The first-order valence-corrected chi connectivity index (χ1v) is 7.19. The van der Waals surface area contributed by atoms with Crippen molar-refractivity contribution < 1.29 is 0 Å². The molecule has 0 amide bonds. The van der Waals surface area contributed by atoms with E-state index in [0.717, 1.165) is 6.54 Å². The van der Waals surface area contributed by atoms with Crippen LogP contribution in [-0.2, 0) is 0 Å². The molecule has 1 N–H and O–H groups in total. The van der Waals surface area contributed by atoms with Gasteiger partial charge in [0.05, 0.1) is 6.04 Å². The first-order chi connectivity index (χ1) is 9.72. The molecule has 0 heterocycles. The van der Waals surface area contributed by atoms with Crippen LogP contribution in [0.5, 0.6) is 0 Å². The van der Waals surface area contributed by atoms with Crippen LogP contribution < -0.4 is 5.32 Å². The van der Waals surface area contributed by atoms with Crippen molar-refractivity contribution in [3.63, 3.8) is 0 Å². The molecule has 2 aromatic rings. The number of hydrogen-bond donors (Lipinski definition) is 1. The number of halogens is 2. The van der Waals surface area contributed by atoms with Crippen LogP contribution in [0.3, 0.4) is 0 Å². The Hall–Kier alpha value is -1.06. The Morgan fingerprint density at radius 1 is 0.864 bits per heavy atom. The van der Waals surface area contributed by atoms with E-state index in [-0.39, 0.29) is 24.8 Å². The fraction of sp³-hybridized carbons (Fsp3) is 0.333. The summed E-state index contributed by atoms with van der Waals surface area (Å²) in [6.07, 6.45) is 0. The summed E-state index contributed by atoms with van der Waals surface area (Å²) in [7, 11) is 4.21. The number of nitrogens with zero attached hydrogens (tertiary/aromatic N) is 1. The average molecular weight is 341 g/mol. The van der Waals surface area contributed by atoms with Gasteiger partial charge in [-0.25, -0.2) is 0 Å². The molecule has 0 unspecified atom stereocenters. The molecular formula is C18H26Cl2N2. The van der Waals surface area contributed by atoms with Crippen LogP contribution in [-0.4, -0.2) is 31.6 Å². The van der Waals surface area contributed by atoms with Gasteiger partial charge in [0.15, 0.2) is 0 Å². The molecule has 0 bridgehead atoms. The third-order valence-electron chi connectivity index (χ3n) is 3.73. The summed E-state index contributed by atoms with van der Waals surface area (Å²) >= 11 is 0. The van der Waals surface area contributed by atoms with E-state index >= 15 is 0 Å². The van der Waals surface area contributed by atoms with Crippen LogP contribution >= 0.6 is 24.8 Å². The minimum Gasteiger partial charge on any atom is -0.316 e. The lowest BCUT2D eigenvalue weighted by Crippen LogP contribution is -2.37. The van der Waals surface area contributed by atoms with Gasteiger partial charge in [0, 0.05) is 12.6 Å². The number of benzene rings is 2. The molecule has 122 valence electrons. The lowest BCUT2D eigenvalue weighted by atomic mass is 9.97. The zero-order chi connectivity index (χ0) is 14.4. The Balaban J connectivity index is 0.00000220. The second-order valence-corrected chi connectivity index (χ2v) is 5.35. The van der Waals surface area contributed by atoms with Gasteiger partial charge in [0.25, 0.3) is 0 Å². The van der Waals surface area contributed by atoms with Crippen LogP contribution in [0.1, 0.15) is 24.1 Å². The fourth-order valence-corrected chi connectivity index (χ4v) is 2.60. The van der Waals surface area contributed by atoms with E-state index in [1.807, 2.05) is 7.05 Å². The van der Waals surface area contributed by atoms with Crippen LogP contribution in [0.15, 0.2) is 60.7 Å². The van der Waals surface area contributed by atoms with Gasteiger partial charge >= 0.3 is 0 Å². The van der Waals surface area contributed by atoms with Crippen molar-refractivity contribution in [2.24, 2.45) is 0 Å². The molecule has 0 saturated heterocycles. The predicted octanol–water partition coefficient (Wildman–Crippen LogP) is 4.16. The van der Waals surface area contributed by atoms with Gasteiger partial charge in [-0.15, -0.1) is 24.8 Å². The molecule has 2 rings (SSSR count). The number of rotatable bonds is 6. The molecule has 0 radical (unpaired) electrons. The quantitative estimate of drug-likeness (QED) is 0.849. The molecule has 0 aromatic heterocycles. The average Bonchev–Trinajstić information content (AvgIpc) is 2.49. The van der Waals surface area contributed by atoms with E-state index in [0.29, 0.717) is 12.1 Å². The molecule has 2 nitrogen and oxygen atoms in total. The maximum Gasteiger partial charge on any atom is 0.0599 e. The highest BCUT2D eigenvalue weighted by Gasteiger charge is 2.19. The van der Waals surface area contributed by atoms with Crippen LogP contribution in [0.2, 0.25) is 0 Å². The molecule has 2 aromatic carbocycles. The first-order valence-electron chi connectivity index (χ1n) is 7.19.